The summed E-state index contributed by atoms with van der Waals surface area (Å²) in [4.78, 5) is 14.9. The molecule has 24 heavy (non-hydrogen) atoms. The highest BCUT2D eigenvalue weighted by Crippen LogP contribution is 2.34. The first-order chi connectivity index (χ1) is 11.2. The number of ether oxygens (including phenoxy) is 1. The van der Waals surface area contributed by atoms with E-state index in [0.717, 1.165) is 38.4 Å². The first kappa shape index (κ1) is 18.9. The van der Waals surface area contributed by atoms with Crippen LogP contribution in [-0.2, 0) is 9.53 Å². The average Bonchev–Trinajstić information content (AvgIpc) is 2.39. The molecule has 2 fully saturated rings. The van der Waals surface area contributed by atoms with Gasteiger partial charge in [-0.15, -0.1) is 0 Å². The number of hydrogen-bond acceptors (Lipinski definition) is 3. The number of hydrogen-bond donors (Lipinski definition) is 1. The van der Waals surface area contributed by atoms with Crippen molar-refractivity contribution in [1.82, 2.24) is 10.2 Å². The van der Waals surface area contributed by atoms with Gasteiger partial charge in [0.1, 0.15) is 0 Å². The molecule has 2 aliphatic heterocycles. The van der Waals surface area contributed by atoms with Crippen molar-refractivity contribution in [2.75, 3.05) is 32.8 Å². The third kappa shape index (κ3) is 5.05. The lowest BCUT2D eigenvalue weighted by Crippen LogP contribution is -2.59. The SMILES string of the molecule is C=C(/C=C\C=C/C)C(C)(C)NC(=O)CC1(C)CN(CC2COC2)C1. The van der Waals surface area contributed by atoms with E-state index in [-0.39, 0.29) is 11.3 Å². The number of rotatable bonds is 8. The van der Waals surface area contributed by atoms with Crippen LogP contribution in [0.1, 0.15) is 34.1 Å². The molecule has 1 N–H and O–H groups in total. The van der Waals surface area contributed by atoms with Gasteiger partial charge in [0.2, 0.25) is 5.91 Å². The zero-order chi connectivity index (χ0) is 17.8. The first-order valence-corrected chi connectivity index (χ1v) is 8.84. The molecule has 0 aromatic rings. The summed E-state index contributed by atoms with van der Waals surface area (Å²) >= 11 is 0. The second-order valence-corrected chi connectivity index (χ2v) is 8.14. The fraction of sp³-hybridized carbons (Fsp3) is 0.650. The molecule has 4 heteroatoms. The number of carbonyl (C=O) groups excluding carboxylic acids is 1. The smallest absolute Gasteiger partial charge is 0.221 e. The predicted octanol–water partition coefficient (Wildman–Crippen LogP) is 2.93. The van der Waals surface area contributed by atoms with Crippen LogP contribution in [-0.4, -0.2) is 49.2 Å². The number of nitrogens with one attached hydrogen (secondary N) is 1. The Morgan fingerprint density at radius 1 is 1.38 bits per heavy atom. The van der Waals surface area contributed by atoms with E-state index in [1.165, 1.54) is 0 Å². The summed E-state index contributed by atoms with van der Waals surface area (Å²) in [6.07, 6.45) is 8.40. The van der Waals surface area contributed by atoms with E-state index in [9.17, 15) is 4.79 Å². The van der Waals surface area contributed by atoms with Crippen LogP contribution in [0.3, 0.4) is 0 Å². The summed E-state index contributed by atoms with van der Waals surface area (Å²) in [7, 11) is 0. The molecule has 0 radical (unpaired) electrons. The van der Waals surface area contributed by atoms with Gasteiger partial charge in [0.15, 0.2) is 0 Å². The van der Waals surface area contributed by atoms with Crippen LogP contribution in [0.15, 0.2) is 36.5 Å². The van der Waals surface area contributed by atoms with Crippen molar-refractivity contribution in [2.24, 2.45) is 11.3 Å². The molecule has 0 saturated carbocycles. The van der Waals surface area contributed by atoms with Crippen LogP contribution in [0.25, 0.3) is 0 Å². The van der Waals surface area contributed by atoms with Gasteiger partial charge in [0, 0.05) is 37.4 Å². The number of allylic oxidation sites excluding steroid dienone is 3. The van der Waals surface area contributed by atoms with Crippen LogP contribution >= 0.6 is 0 Å². The molecule has 0 aromatic carbocycles. The Kier molecular flexibility index (Phi) is 6.05. The van der Waals surface area contributed by atoms with Gasteiger partial charge < -0.3 is 15.0 Å². The van der Waals surface area contributed by atoms with Crippen molar-refractivity contribution >= 4 is 5.91 Å². The fourth-order valence-electron chi connectivity index (χ4n) is 3.38. The van der Waals surface area contributed by atoms with E-state index in [1.54, 1.807) is 0 Å². The van der Waals surface area contributed by atoms with Gasteiger partial charge >= 0.3 is 0 Å². The van der Waals surface area contributed by atoms with E-state index < -0.39 is 5.54 Å². The molecule has 2 saturated heterocycles. The van der Waals surface area contributed by atoms with E-state index in [0.29, 0.717) is 12.3 Å². The molecular formula is C20H32N2O2. The largest absolute Gasteiger partial charge is 0.381 e. The van der Waals surface area contributed by atoms with E-state index in [1.807, 2.05) is 45.1 Å². The number of carbonyl (C=O) groups is 1. The maximum absolute atomic E-state index is 12.5. The molecule has 2 heterocycles. The van der Waals surface area contributed by atoms with E-state index in [2.05, 4.69) is 23.7 Å². The molecule has 2 aliphatic rings. The minimum absolute atomic E-state index is 0.0902. The molecule has 4 nitrogen and oxygen atoms in total. The van der Waals surface area contributed by atoms with Crippen molar-refractivity contribution in [2.45, 2.75) is 39.7 Å². The van der Waals surface area contributed by atoms with Gasteiger partial charge in [-0.3, -0.25) is 4.79 Å². The highest BCUT2D eigenvalue weighted by atomic mass is 16.5. The van der Waals surface area contributed by atoms with Crippen molar-refractivity contribution in [3.63, 3.8) is 0 Å². The van der Waals surface area contributed by atoms with E-state index in [4.69, 9.17) is 4.74 Å². The standard InChI is InChI=1S/C20H32N2O2/c1-6-7-8-9-16(2)19(3,4)21-18(23)10-20(5)14-22(15-20)11-17-12-24-13-17/h6-9,17H,2,10-15H2,1,3-5H3,(H,21,23)/b7-6-,9-8-. The zero-order valence-electron chi connectivity index (χ0n) is 15.6. The van der Waals surface area contributed by atoms with Crippen molar-refractivity contribution in [3.8, 4) is 0 Å². The topological polar surface area (TPSA) is 41.6 Å². The fourth-order valence-corrected chi connectivity index (χ4v) is 3.38. The van der Waals surface area contributed by atoms with Crippen LogP contribution < -0.4 is 5.32 Å². The Balaban J connectivity index is 1.76. The van der Waals surface area contributed by atoms with Crippen LogP contribution in [0, 0.1) is 11.3 Å². The zero-order valence-corrected chi connectivity index (χ0v) is 15.6. The molecule has 0 unspecified atom stereocenters. The minimum atomic E-state index is -0.432. The van der Waals surface area contributed by atoms with E-state index >= 15 is 0 Å². The Hall–Kier alpha value is -1.39. The van der Waals surface area contributed by atoms with Gasteiger partial charge in [0.25, 0.3) is 0 Å². The molecule has 0 bridgehead atoms. The maximum Gasteiger partial charge on any atom is 0.221 e. The Morgan fingerprint density at radius 2 is 2.04 bits per heavy atom. The van der Waals surface area contributed by atoms with Crippen molar-refractivity contribution < 1.29 is 9.53 Å². The first-order valence-electron chi connectivity index (χ1n) is 8.84. The quantitative estimate of drug-likeness (QED) is 0.695. The van der Waals surface area contributed by atoms with Gasteiger partial charge in [-0.05, 0) is 26.3 Å². The predicted molar refractivity (Wildman–Crippen MR) is 98.8 cm³/mol. The Bertz CT molecular complexity index is 524. The molecule has 0 atom stereocenters. The van der Waals surface area contributed by atoms with Gasteiger partial charge in [-0.25, -0.2) is 0 Å². The summed E-state index contributed by atoms with van der Waals surface area (Å²) in [6, 6.07) is 0. The van der Waals surface area contributed by atoms with Crippen LogP contribution in [0.4, 0.5) is 0 Å². The molecule has 0 aliphatic carbocycles. The Labute approximate surface area is 146 Å². The average molecular weight is 332 g/mol. The normalized spacial score (nSPS) is 21.7. The van der Waals surface area contributed by atoms with Gasteiger partial charge in [0.05, 0.1) is 18.8 Å². The lowest BCUT2D eigenvalue weighted by molar-refractivity contribution is -0.129. The van der Waals surface area contributed by atoms with Gasteiger partial charge in [-0.1, -0.05) is 37.8 Å². The number of likely N-dealkylation sites (tertiary alicyclic amines) is 1. The third-order valence-electron chi connectivity index (χ3n) is 4.88. The third-order valence-corrected chi connectivity index (χ3v) is 4.88. The lowest BCUT2D eigenvalue weighted by atomic mass is 9.77. The maximum atomic E-state index is 12.5. The highest BCUT2D eigenvalue weighted by Gasteiger charge is 2.42. The second-order valence-electron chi connectivity index (χ2n) is 8.14. The highest BCUT2D eigenvalue weighted by molar-refractivity contribution is 5.78. The van der Waals surface area contributed by atoms with Crippen LogP contribution in [0.5, 0.6) is 0 Å². The van der Waals surface area contributed by atoms with Crippen LogP contribution in [0.2, 0.25) is 0 Å². The molecule has 0 spiro atoms. The Morgan fingerprint density at radius 3 is 2.58 bits per heavy atom. The molecule has 1 amide bonds. The lowest BCUT2D eigenvalue weighted by Gasteiger charge is -2.50. The summed E-state index contributed by atoms with van der Waals surface area (Å²) in [5, 5.41) is 3.13. The van der Waals surface area contributed by atoms with Gasteiger partial charge in [-0.2, -0.15) is 0 Å². The summed E-state index contributed by atoms with van der Waals surface area (Å²) in [5.74, 6) is 0.796. The van der Waals surface area contributed by atoms with Crippen molar-refractivity contribution in [1.29, 1.82) is 0 Å². The molecular weight excluding hydrogens is 300 g/mol. The summed E-state index contributed by atoms with van der Waals surface area (Å²) in [5.41, 5.74) is 0.560. The summed E-state index contributed by atoms with van der Waals surface area (Å²) in [6.45, 7) is 17.2. The summed E-state index contributed by atoms with van der Waals surface area (Å²) < 4.78 is 5.22. The second kappa shape index (κ2) is 7.66. The molecule has 2 rings (SSSR count). The number of nitrogens with zero attached hydrogens (tertiary/aromatic N) is 1. The number of amides is 1. The molecule has 134 valence electrons. The molecule has 0 aromatic heterocycles. The van der Waals surface area contributed by atoms with Crippen molar-refractivity contribution in [3.05, 3.63) is 36.5 Å². The minimum Gasteiger partial charge on any atom is -0.381 e. The monoisotopic (exact) mass is 332 g/mol.